The summed E-state index contributed by atoms with van der Waals surface area (Å²) in [7, 11) is 0. The van der Waals surface area contributed by atoms with Crippen LogP contribution in [-0.2, 0) is 4.74 Å². The third-order valence-electron chi connectivity index (χ3n) is 1.84. The van der Waals surface area contributed by atoms with Gasteiger partial charge in [0.25, 0.3) is 0 Å². The fourth-order valence-corrected chi connectivity index (χ4v) is 1.16. The first-order valence-electron chi connectivity index (χ1n) is 4.96. The molecule has 0 aliphatic carbocycles. The van der Waals surface area contributed by atoms with E-state index in [0.717, 1.165) is 5.56 Å². The third kappa shape index (κ3) is 4.14. The zero-order chi connectivity index (χ0) is 11.6. The number of para-hydroxylation sites is 1. The van der Waals surface area contributed by atoms with Crippen molar-refractivity contribution >= 4 is 6.21 Å². The van der Waals surface area contributed by atoms with Crippen molar-refractivity contribution in [1.29, 1.82) is 0 Å². The van der Waals surface area contributed by atoms with Crippen LogP contribution in [0.2, 0.25) is 0 Å². The molecule has 0 atom stereocenters. The minimum absolute atomic E-state index is 0.449. The molecule has 0 aliphatic rings. The van der Waals surface area contributed by atoms with Crippen LogP contribution >= 0.6 is 0 Å². The zero-order valence-corrected chi connectivity index (χ0v) is 9.00. The molecule has 0 radical (unpaired) electrons. The molecule has 0 unspecified atom stereocenters. The Morgan fingerprint density at radius 1 is 1.31 bits per heavy atom. The maximum Gasteiger partial charge on any atom is 0.128 e. The first-order chi connectivity index (χ1) is 7.88. The van der Waals surface area contributed by atoms with Crippen molar-refractivity contribution in [3.05, 3.63) is 42.5 Å². The summed E-state index contributed by atoms with van der Waals surface area (Å²) in [6.07, 6.45) is 3.02. The van der Waals surface area contributed by atoms with Gasteiger partial charge in [-0.05, 0) is 12.1 Å². The van der Waals surface area contributed by atoms with E-state index in [2.05, 4.69) is 11.7 Å². The van der Waals surface area contributed by atoms with E-state index in [1.807, 2.05) is 18.2 Å². The number of benzene rings is 1. The maximum absolute atomic E-state index is 8.46. The predicted octanol–water partition coefficient (Wildman–Crippen LogP) is 2.08. The molecule has 4 nitrogen and oxygen atoms in total. The van der Waals surface area contributed by atoms with E-state index < -0.39 is 0 Å². The Balaban J connectivity index is 2.43. The Morgan fingerprint density at radius 2 is 2.12 bits per heavy atom. The van der Waals surface area contributed by atoms with Crippen molar-refractivity contribution in [3.8, 4) is 5.75 Å². The largest absolute Gasteiger partial charge is 0.491 e. The molecule has 0 amide bonds. The number of hydrogen-bond donors (Lipinski definition) is 1. The van der Waals surface area contributed by atoms with Crippen molar-refractivity contribution in [1.82, 2.24) is 0 Å². The van der Waals surface area contributed by atoms with Crippen LogP contribution in [-0.4, -0.2) is 31.2 Å². The molecular formula is C12H15NO3. The van der Waals surface area contributed by atoms with Crippen molar-refractivity contribution in [2.24, 2.45) is 5.16 Å². The second-order valence-corrected chi connectivity index (χ2v) is 2.99. The maximum atomic E-state index is 8.46. The van der Waals surface area contributed by atoms with Crippen LogP contribution in [0.5, 0.6) is 5.75 Å². The van der Waals surface area contributed by atoms with Gasteiger partial charge in [0, 0.05) is 5.56 Å². The van der Waals surface area contributed by atoms with E-state index in [0.29, 0.717) is 25.6 Å². The van der Waals surface area contributed by atoms with Crippen LogP contribution < -0.4 is 4.74 Å². The van der Waals surface area contributed by atoms with Crippen molar-refractivity contribution in [2.75, 3.05) is 19.8 Å². The van der Waals surface area contributed by atoms with E-state index in [1.165, 1.54) is 6.21 Å². The first-order valence-corrected chi connectivity index (χ1v) is 4.96. The molecule has 4 heteroatoms. The average Bonchev–Trinajstić information content (AvgIpc) is 2.31. The van der Waals surface area contributed by atoms with Crippen LogP contribution in [0, 0.1) is 0 Å². The summed E-state index contributed by atoms with van der Waals surface area (Å²) in [5, 5.41) is 11.4. The molecule has 1 N–H and O–H groups in total. The fourth-order valence-electron chi connectivity index (χ4n) is 1.16. The average molecular weight is 221 g/mol. The molecule has 16 heavy (non-hydrogen) atoms. The van der Waals surface area contributed by atoms with Gasteiger partial charge in [-0.15, -0.1) is 6.58 Å². The summed E-state index contributed by atoms with van der Waals surface area (Å²) in [5.41, 5.74) is 0.730. The minimum Gasteiger partial charge on any atom is -0.491 e. The van der Waals surface area contributed by atoms with Gasteiger partial charge < -0.3 is 14.7 Å². The van der Waals surface area contributed by atoms with Gasteiger partial charge in [0.15, 0.2) is 0 Å². The molecule has 0 saturated heterocycles. The third-order valence-corrected chi connectivity index (χ3v) is 1.84. The summed E-state index contributed by atoms with van der Waals surface area (Å²) in [6, 6.07) is 7.32. The lowest BCUT2D eigenvalue weighted by Gasteiger charge is -2.08. The molecule has 0 saturated carbocycles. The molecular weight excluding hydrogens is 206 g/mol. The zero-order valence-electron chi connectivity index (χ0n) is 9.00. The number of ether oxygens (including phenoxy) is 2. The van der Waals surface area contributed by atoms with E-state index in [-0.39, 0.29) is 0 Å². The summed E-state index contributed by atoms with van der Waals surface area (Å²) >= 11 is 0. The molecule has 1 aromatic rings. The molecule has 0 bridgehead atoms. The van der Waals surface area contributed by atoms with Crippen LogP contribution in [0.1, 0.15) is 5.56 Å². The van der Waals surface area contributed by atoms with Crippen LogP contribution in [0.15, 0.2) is 42.1 Å². The highest BCUT2D eigenvalue weighted by Crippen LogP contribution is 2.15. The van der Waals surface area contributed by atoms with Gasteiger partial charge in [-0.3, -0.25) is 0 Å². The minimum atomic E-state index is 0.449. The van der Waals surface area contributed by atoms with Crippen molar-refractivity contribution < 1.29 is 14.7 Å². The van der Waals surface area contributed by atoms with Gasteiger partial charge in [-0.2, -0.15) is 0 Å². The van der Waals surface area contributed by atoms with Crippen LogP contribution in [0.25, 0.3) is 0 Å². The van der Waals surface area contributed by atoms with Gasteiger partial charge in [0.1, 0.15) is 12.4 Å². The van der Waals surface area contributed by atoms with Crippen LogP contribution in [0.3, 0.4) is 0 Å². The van der Waals surface area contributed by atoms with Gasteiger partial charge in [0.05, 0.1) is 19.4 Å². The van der Waals surface area contributed by atoms with Crippen LogP contribution in [0.4, 0.5) is 0 Å². The highest BCUT2D eigenvalue weighted by atomic mass is 16.5. The summed E-state index contributed by atoms with van der Waals surface area (Å²) in [4.78, 5) is 0. The SMILES string of the molecule is C=CCOCCOc1ccccc1/C=N/O. The molecule has 0 spiro atoms. The van der Waals surface area contributed by atoms with Gasteiger partial charge in [-0.25, -0.2) is 0 Å². The molecule has 1 rings (SSSR count). The highest BCUT2D eigenvalue weighted by molar-refractivity contribution is 5.82. The summed E-state index contributed by atoms with van der Waals surface area (Å²) < 4.78 is 10.7. The summed E-state index contributed by atoms with van der Waals surface area (Å²) in [6.45, 7) is 5.01. The molecule has 0 heterocycles. The number of nitrogens with zero attached hydrogens (tertiary/aromatic N) is 1. The monoisotopic (exact) mass is 221 g/mol. The van der Waals surface area contributed by atoms with Gasteiger partial charge in [-0.1, -0.05) is 23.4 Å². The standard InChI is InChI=1S/C12H15NO3/c1-2-7-15-8-9-16-12-6-4-3-5-11(12)10-13-14/h2-6,10,14H,1,7-9H2/b13-10+. The smallest absolute Gasteiger partial charge is 0.128 e. The Kier molecular flexibility index (Phi) is 5.73. The number of oxime groups is 1. The number of hydrogen-bond acceptors (Lipinski definition) is 4. The summed E-state index contributed by atoms with van der Waals surface area (Å²) in [5.74, 6) is 0.669. The lowest BCUT2D eigenvalue weighted by molar-refractivity contribution is 0.121. The Labute approximate surface area is 94.8 Å². The first kappa shape index (κ1) is 12.3. The van der Waals surface area contributed by atoms with E-state index in [1.54, 1.807) is 12.1 Å². The van der Waals surface area contributed by atoms with Gasteiger partial charge >= 0.3 is 0 Å². The topological polar surface area (TPSA) is 51.0 Å². The molecule has 0 aliphatic heterocycles. The predicted molar refractivity (Wildman–Crippen MR) is 62.3 cm³/mol. The Hall–Kier alpha value is -1.81. The fraction of sp³-hybridized carbons (Fsp3) is 0.250. The van der Waals surface area contributed by atoms with E-state index >= 15 is 0 Å². The lowest BCUT2D eigenvalue weighted by atomic mass is 10.2. The van der Waals surface area contributed by atoms with E-state index in [4.69, 9.17) is 14.7 Å². The molecule has 86 valence electrons. The Morgan fingerprint density at radius 3 is 2.88 bits per heavy atom. The van der Waals surface area contributed by atoms with Gasteiger partial charge in [0.2, 0.25) is 0 Å². The highest BCUT2D eigenvalue weighted by Gasteiger charge is 1.99. The molecule has 0 fully saturated rings. The molecule has 0 aromatic heterocycles. The van der Waals surface area contributed by atoms with Crippen molar-refractivity contribution in [2.45, 2.75) is 0 Å². The second-order valence-electron chi connectivity index (χ2n) is 2.99. The van der Waals surface area contributed by atoms with E-state index in [9.17, 15) is 0 Å². The van der Waals surface area contributed by atoms with Crippen molar-refractivity contribution in [3.63, 3.8) is 0 Å². The second kappa shape index (κ2) is 7.48. The lowest BCUT2D eigenvalue weighted by Crippen LogP contribution is -2.07. The number of rotatable bonds is 7. The normalized spacial score (nSPS) is 10.5. The quantitative estimate of drug-likeness (QED) is 0.252. The Bertz CT molecular complexity index is 350. The molecule has 1 aromatic carbocycles.